The lowest BCUT2D eigenvalue weighted by Crippen LogP contribution is -2.40. The number of carboxylic acid groups (broad SMARTS) is 1. The number of amides is 1. The van der Waals surface area contributed by atoms with Crippen molar-refractivity contribution in [3.63, 3.8) is 0 Å². The highest BCUT2D eigenvalue weighted by Crippen LogP contribution is 2.44. The maximum Gasteiger partial charge on any atom is 0.407 e. The highest BCUT2D eigenvalue weighted by molar-refractivity contribution is 5.81. The fraction of sp³-hybridized carbons (Fsp3) is 0.263. The number of carboxylic acids is 1. The smallest absolute Gasteiger partial charge is 0.407 e. The molecule has 1 aliphatic carbocycles. The van der Waals surface area contributed by atoms with Gasteiger partial charge < -0.3 is 15.2 Å². The van der Waals surface area contributed by atoms with Gasteiger partial charge in [-0.15, -0.1) is 0 Å². The Morgan fingerprint density at radius 3 is 2.12 bits per heavy atom. The van der Waals surface area contributed by atoms with Gasteiger partial charge in [0, 0.05) is 5.92 Å². The second kappa shape index (κ2) is 6.74. The van der Waals surface area contributed by atoms with Gasteiger partial charge >= 0.3 is 12.1 Å². The molecule has 0 unspecified atom stereocenters. The molecular weight excluding hydrogens is 306 g/mol. The zero-order valence-electron chi connectivity index (χ0n) is 13.4. The van der Waals surface area contributed by atoms with E-state index in [9.17, 15) is 9.59 Å². The first-order chi connectivity index (χ1) is 11.6. The summed E-state index contributed by atoms with van der Waals surface area (Å²) in [6, 6.07) is 15.2. The maximum atomic E-state index is 11.9. The van der Waals surface area contributed by atoms with Gasteiger partial charge in [-0.3, -0.25) is 0 Å². The van der Waals surface area contributed by atoms with Crippen molar-refractivity contribution in [1.29, 1.82) is 0 Å². The molecule has 0 spiro atoms. The number of carbonyl (C=O) groups is 2. The zero-order chi connectivity index (χ0) is 17.1. The third-order valence-electron chi connectivity index (χ3n) is 4.34. The van der Waals surface area contributed by atoms with E-state index in [0.717, 1.165) is 22.3 Å². The number of ether oxygens (including phenoxy) is 1. The van der Waals surface area contributed by atoms with Crippen LogP contribution in [0.1, 0.15) is 30.4 Å². The van der Waals surface area contributed by atoms with E-state index >= 15 is 0 Å². The van der Waals surface area contributed by atoms with Crippen molar-refractivity contribution in [3.8, 4) is 11.1 Å². The van der Waals surface area contributed by atoms with Crippen LogP contribution in [0.2, 0.25) is 0 Å². The molecule has 0 aliphatic heterocycles. The number of hydrogen-bond donors (Lipinski definition) is 2. The fourth-order valence-corrected chi connectivity index (χ4v) is 3.12. The third kappa shape index (κ3) is 2.97. The van der Waals surface area contributed by atoms with Gasteiger partial charge in [0.1, 0.15) is 12.6 Å². The monoisotopic (exact) mass is 325 g/mol. The van der Waals surface area contributed by atoms with E-state index in [1.165, 1.54) is 0 Å². The molecule has 5 heteroatoms. The van der Waals surface area contributed by atoms with Crippen LogP contribution in [0.3, 0.4) is 0 Å². The minimum atomic E-state index is -1.06. The lowest BCUT2D eigenvalue weighted by atomic mass is 9.98. The minimum absolute atomic E-state index is 0.0342. The van der Waals surface area contributed by atoms with Gasteiger partial charge in [0.2, 0.25) is 0 Å². The van der Waals surface area contributed by atoms with Gasteiger partial charge in [0.25, 0.3) is 0 Å². The summed E-state index contributed by atoms with van der Waals surface area (Å²) in [6.45, 7) is 1.87. The van der Waals surface area contributed by atoms with Gasteiger partial charge in [-0.2, -0.15) is 0 Å². The Hall–Kier alpha value is -2.82. The predicted molar refractivity (Wildman–Crippen MR) is 89.9 cm³/mol. The quantitative estimate of drug-likeness (QED) is 0.883. The molecule has 2 aromatic carbocycles. The predicted octanol–water partition coefficient (Wildman–Crippen LogP) is 3.39. The Morgan fingerprint density at radius 2 is 1.62 bits per heavy atom. The van der Waals surface area contributed by atoms with E-state index in [-0.39, 0.29) is 12.5 Å². The first kappa shape index (κ1) is 16.1. The summed E-state index contributed by atoms with van der Waals surface area (Å²) in [4.78, 5) is 22.9. The first-order valence-electron chi connectivity index (χ1n) is 7.96. The van der Waals surface area contributed by atoms with E-state index in [0.29, 0.717) is 6.42 Å². The fourth-order valence-electron chi connectivity index (χ4n) is 3.12. The van der Waals surface area contributed by atoms with Crippen molar-refractivity contribution in [2.75, 3.05) is 6.61 Å². The highest BCUT2D eigenvalue weighted by atomic mass is 16.5. The van der Waals surface area contributed by atoms with Crippen LogP contribution in [-0.2, 0) is 9.53 Å². The lowest BCUT2D eigenvalue weighted by molar-refractivity contribution is -0.139. The molecular formula is C19H19NO4. The molecule has 0 radical (unpaired) electrons. The molecule has 0 saturated carbocycles. The van der Waals surface area contributed by atoms with Crippen molar-refractivity contribution in [2.24, 2.45) is 0 Å². The summed E-state index contributed by atoms with van der Waals surface area (Å²) < 4.78 is 5.31. The Balaban J connectivity index is 1.74. The molecule has 2 N–H and O–H groups in total. The van der Waals surface area contributed by atoms with Gasteiger partial charge in [-0.25, -0.2) is 9.59 Å². The topological polar surface area (TPSA) is 75.6 Å². The molecule has 0 aromatic heterocycles. The second-order valence-corrected chi connectivity index (χ2v) is 5.77. The van der Waals surface area contributed by atoms with Crippen LogP contribution < -0.4 is 5.32 Å². The van der Waals surface area contributed by atoms with E-state index < -0.39 is 18.1 Å². The normalized spacial score (nSPS) is 13.7. The highest BCUT2D eigenvalue weighted by Gasteiger charge is 2.29. The van der Waals surface area contributed by atoms with Crippen LogP contribution in [0.4, 0.5) is 4.79 Å². The molecule has 124 valence electrons. The van der Waals surface area contributed by atoms with Crippen molar-refractivity contribution >= 4 is 12.1 Å². The number of carbonyl (C=O) groups excluding carboxylic acids is 1. The van der Waals surface area contributed by atoms with Crippen LogP contribution >= 0.6 is 0 Å². The molecule has 0 heterocycles. The average Bonchev–Trinajstić information content (AvgIpc) is 2.91. The van der Waals surface area contributed by atoms with E-state index in [2.05, 4.69) is 17.4 Å². The summed E-state index contributed by atoms with van der Waals surface area (Å²) in [6.07, 6.45) is -0.398. The number of rotatable bonds is 5. The Labute approximate surface area is 140 Å². The number of aliphatic carboxylic acids is 1. The maximum absolute atomic E-state index is 11.9. The SMILES string of the molecule is CC[C@H](NC(=O)OCC1c2ccccc2-c2ccccc21)C(=O)O. The van der Waals surface area contributed by atoms with Crippen molar-refractivity contribution < 1.29 is 19.4 Å². The van der Waals surface area contributed by atoms with Gasteiger partial charge in [-0.05, 0) is 28.7 Å². The largest absolute Gasteiger partial charge is 0.480 e. The van der Waals surface area contributed by atoms with Crippen molar-refractivity contribution in [2.45, 2.75) is 25.3 Å². The van der Waals surface area contributed by atoms with Crippen LogP contribution in [0.5, 0.6) is 0 Å². The molecule has 3 rings (SSSR count). The summed E-state index contributed by atoms with van der Waals surface area (Å²) in [5, 5.41) is 11.4. The number of hydrogen-bond acceptors (Lipinski definition) is 3. The minimum Gasteiger partial charge on any atom is -0.480 e. The Bertz CT molecular complexity index is 726. The van der Waals surface area contributed by atoms with Crippen molar-refractivity contribution in [1.82, 2.24) is 5.32 Å². The molecule has 1 atom stereocenters. The molecule has 2 aromatic rings. The standard InChI is InChI=1S/C19H19NO4/c1-2-17(18(21)22)20-19(23)24-11-16-14-9-5-3-7-12(14)13-8-4-6-10-15(13)16/h3-10,16-17H,2,11H2,1H3,(H,20,23)(H,21,22)/t17-/m0/s1. The number of benzene rings is 2. The van der Waals surface area contributed by atoms with Crippen LogP contribution in [-0.4, -0.2) is 29.8 Å². The van der Waals surface area contributed by atoms with Gasteiger partial charge in [-0.1, -0.05) is 55.5 Å². The Morgan fingerprint density at radius 1 is 1.08 bits per heavy atom. The molecule has 1 aliphatic rings. The first-order valence-corrected chi connectivity index (χ1v) is 7.96. The van der Waals surface area contributed by atoms with Crippen molar-refractivity contribution in [3.05, 3.63) is 59.7 Å². The summed E-state index contributed by atoms with van der Waals surface area (Å²) in [5.74, 6) is -1.10. The van der Waals surface area contributed by atoms with Crippen LogP contribution in [0.15, 0.2) is 48.5 Å². The molecule has 24 heavy (non-hydrogen) atoms. The number of nitrogens with one attached hydrogen (secondary N) is 1. The van der Waals surface area contributed by atoms with Crippen LogP contribution in [0.25, 0.3) is 11.1 Å². The molecule has 0 bridgehead atoms. The zero-order valence-corrected chi connectivity index (χ0v) is 13.4. The molecule has 0 fully saturated rings. The van der Waals surface area contributed by atoms with Gasteiger partial charge in [0.15, 0.2) is 0 Å². The second-order valence-electron chi connectivity index (χ2n) is 5.77. The number of fused-ring (bicyclic) bond motifs is 3. The summed E-state index contributed by atoms with van der Waals surface area (Å²) in [5.41, 5.74) is 4.55. The Kier molecular flexibility index (Phi) is 4.51. The molecule has 1 amide bonds. The lowest BCUT2D eigenvalue weighted by Gasteiger charge is -2.16. The molecule has 5 nitrogen and oxygen atoms in total. The van der Waals surface area contributed by atoms with E-state index in [1.807, 2.05) is 36.4 Å². The average molecular weight is 325 g/mol. The van der Waals surface area contributed by atoms with E-state index in [1.54, 1.807) is 6.92 Å². The number of alkyl carbamates (subject to hydrolysis) is 1. The summed E-state index contributed by atoms with van der Waals surface area (Å²) >= 11 is 0. The third-order valence-corrected chi connectivity index (χ3v) is 4.34. The molecule has 0 saturated heterocycles. The summed E-state index contributed by atoms with van der Waals surface area (Å²) in [7, 11) is 0. The van der Waals surface area contributed by atoms with Gasteiger partial charge in [0.05, 0.1) is 0 Å². The van der Waals surface area contributed by atoms with E-state index in [4.69, 9.17) is 9.84 Å². The van der Waals surface area contributed by atoms with Crippen LogP contribution in [0, 0.1) is 0 Å².